The molecule has 0 bridgehead atoms. The molecule has 1 unspecified atom stereocenters. The third-order valence-electron chi connectivity index (χ3n) is 8.82. The predicted molar refractivity (Wildman–Crippen MR) is 192 cm³/mol. The van der Waals surface area contributed by atoms with Gasteiger partial charge in [0.15, 0.2) is 0 Å². The highest BCUT2D eigenvalue weighted by atomic mass is 16.5. The molecule has 0 fully saturated rings. The smallest absolute Gasteiger partial charge is 0.306 e. The van der Waals surface area contributed by atoms with Crippen LogP contribution in [0.5, 0.6) is 0 Å². The maximum absolute atomic E-state index is 12.6. The molecule has 0 aliphatic carbocycles. The summed E-state index contributed by atoms with van der Waals surface area (Å²) in [4.78, 5) is 26.9. The molecule has 0 aromatic carbocycles. The van der Waals surface area contributed by atoms with Crippen LogP contribution in [-0.4, -0.2) is 74.1 Å². The molecule has 7 nitrogen and oxygen atoms in total. The Morgan fingerprint density at radius 2 is 1.00 bits per heavy atom. The summed E-state index contributed by atoms with van der Waals surface area (Å²) < 4.78 is 16.8. The van der Waals surface area contributed by atoms with Gasteiger partial charge in [-0.05, 0) is 70.9 Å². The number of aliphatic hydroxyl groups is 1. The summed E-state index contributed by atoms with van der Waals surface area (Å²) in [5, 5.41) is 9.01. The van der Waals surface area contributed by atoms with E-state index in [-0.39, 0.29) is 24.6 Å². The molecule has 0 saturated heterocycles. The van der Waals surface area contributed by atoms with Gasteiger partial charge in [0.25, 0.3) is 0 Å². The molecule has 0 rings (SSSR count). The molecule has 0 aliphatic heterocycles. The van der Waals surface area contributed by atoms with Crippen molar-refractivity contribution in [1.29, 1.82) is 0 Å². The van der Waals surface area contributed by atoms with Gasteiger partial charge in [-0.15, -0.1) is 0 Å². The Balaban J connectivity index is 4.13. The van der Waals surface area contributed by atoms with Crippen molar-refractivity contribution in [2.45, 2.75) is 194 Å². The lowest BCUT2D eigenvalue weighted by atomic mass is 10.0. The van der Waals surface area contributed by atoms with E-state index in [0.717, 1.165) is 103 Å². The molecule has 46 heavy (non-hydrogen) atoms. The third-order valence-corrected chi connectivity index (χ3v) is 8.82. The van der Waals surface area contributed by atoms with Crippen molar-refractivity contribution in [3.8, 4) is 0 Å². The minimum atomic E-state index is -0.0459. The Bertz CT molecular complexity index is 646. The van der Waals surface area contributed by atoms with Crippen molar-refractivity contribution in [3.05, 3.63) is 0 Å². The first-order valence-electron chi connectivity index (χ1n) is 19.8. The molecule has 274 valence electrons. The van der Waals surface area contributed by atoms with Crippen molar-refractivity contribution in [1.82, 2.24) is 4.90 Å². The van der Waals surface area contributed by atoms with Crippen LogP contribution in [0.25, 0.3) is 0 Å². The number of hydrogen-bond acceptors (Lipinski definition) is 7. The zero-order chi connectivity index (χ0) is 33.8. The van der Waals surface area contributed by atoms with Crippen molar-refractivity contribution in [3.63, 3.8) is 0 Å². The number of esters is 2. The Kier molecular flexibility index (Phi) is 35.7. The van der Waals surface area contributed by atoms with E-state index in [2.05, 4.69) is 25.7 Å². The third kappa shape index (κ3) is 32.7. The fourth-order valence-corrected chi connectivity index (χ4v) is 5.86. The number of hydrogen-bond donors (Lipinski definition) is 1. The van der Waals surface area contributed by atoms with Gasteiger partial charge in [-0.2, -0.15) is 0 Å². The van der Waals surface area contributed by atoms with E-state index in [9.17, 15) is 9.59 Å². The highest BCUT2D eigenvalue weighted by molar-refractivity contribution is 5.69. The van der Waals surface area contributed by atoms with Gasteiger partial charge in [0.05, 0.1) is 26.4 Å². The fourth-order valence-electron chi connectivity index (χ4n) is 5.86. The molecule has 0 aliphatic rings. The highest BCUT2D eigenvalue weighted by Crippen LogP contribution is 2.18. The normalized spacial score (nSPS) is 12.1. The fraction of sp³-hybridized carbons (Fsp3) is 0.949. The molecule has 0 spiro atoms. The number of aliphatic hydroxyl groups excluding tert-OH is 1. The first-order valence-corrected chi connectivity index (χ1v) is 19.8. The monoisotopic (exact) mass is 656 g/mol. The maximum atomic E-state index is 12.6. The average Bonchev–Trinajstić information content (AvgIpc) is 3.05. The lowest BCUT2D eigenvalue weighted by Crippen LogP contribution is -2.30. The van der Waals surface area contributed by atoms with Gasteiger partial charge in [-0.3, -0.25) is 9.59 Å². The quantitative estimate of drug-likeness (QED) is 0.0527. The second kappa shape index (κ2) is 36.7. The van der Waals surface area contributed by atoms with E-state index in [1.807, 2.05) is 0 Å². The molecule has 0 heterocycles. The molecule has 0 saturated carbocycles. The minimum absolute atomic E-state index is 0.00504. The van der Waals surface area contributed by atoms with Gasteiger partial charge in [0.1, 0.15) is 6.10 Å². The molecule has 0 aromatic rings. The maximum Gasteiger partial charge on any atom is 0.306 e. The van der Waals surface area contributed by atoms with Gasteiger partial charge in [-0.25, -0.2) is 0 Å². The summed E-state index contributed by atoms with van der Waals surface area (Å²) in [6.07, 6.45) is 28.7. The van der Waals surface area contributed by atoms with Gasteiger partial charge in [0.2, 0.25) is 0 Å². The van der Waals surface area contributed by atoms with Crippen LogP contribution in [0, 0.1) is 0 Å². The van der Waals surface area contributed by atoms with E-state index in [1.165, 1.54) is 70.6 Å². The van der Waals surface area contributed by atoms with Crippen molar-refractivity contribution in [2.24, 2.45) is 0 Å². The van der Waals surface area contributed by atoms with E-state index in [4.69, 9.17) is 19.3 Å². The van der Waals surface area contributed by atoms with Crippen LogP contribution in [0.1, 0.15) is 188 Å². The highest BCUT2D eigenvalue weighted by Gasteiger charge is 2.14. The second-order valence-electron chi connectivity index (χ2n) is 13.3. The zero-order valence-electron chi connectivity index (χ0n) is 30.8. The molecule has 1 atom stereocenters. The Morgan fingerprint density at radius 3 is 1.59 bits per heavy atom. The van der Waals surface area contributed by atoms with Crippen LogP contribution in [0.3, 0.4) is 0 Å². The summed E-state index contributed by atoms with van der Waals surface area (Å²) >= 11 is 0. The van der Waals surface area contributed by atoms with Crippen LogP contribution in [0.4, 0.5) is 0 Å². The first kappa shape index (κ1) is 44.8. The van der Waals surface area contributed by atoms with E-state index in [1.54, 1.807) is 0 Å². The minimum Gasteiger partial charge on any atom is -0.466 e. The topological polar surface area (TPSA) is 85.3 Å². The van der Waals surface area contributed by atoms with Crippen molar-refractivity contribution >= 4 is 11.9 Å². The molecule has 1 N–H and O–H groups in total. The largest absolute Gasteiger partial charge is 0.466 e. The molecule has 7 heteroatoms. The van der Waals surface area contributed by atoms with Gasteiger partial charge < -0.3 is 24.2 Å². The van der Waals surface area contributed by atoms with Gasteiger partial charge >= 0.3 is 11.9 Å². The number of carbonyl (C=O) groups is 2. The number of carbonyl (C=O) groups excluding carboxylic acids is 2. The SMILES string of the molecule is CCCCCCCC(CCCCCC)OC(=O)CCCCCCCN(CCCCCCCC(=O)OCCCCC)CCOCCO. The van der Waals surface area contributed by atoms with E-state index >= 15 is 0 Å². The number of nitrogens with zero attached hydrogens (tertiary/aromatic N) is 1. The van der Waals surface area contributed by atoms with Crippen LogP contribution < -0.4 is 0 Å². The second-order valence-corrected chi connectivity index (χ2v) is 13.3. The molecule has 0 amide bonds. The molecule has 0 aromatic heterocycles. The Labute approximate surface area is 285 Å². The van der Waals surface area contributed by atoms with Gasteiger partial charge in [-0.1, -0.05) is 117 Å². The lowest BCUT2D eigenvalue weighted by molar-refractivity contribution is -0.150. The first-order chi connectivity index (χ1) is 22.6. The van der Waals surface area contributed by atoms with Crippen LogP contribution in [0.15, 0.2) is 0 Å². The summed E-state index contributed by atoms with van der Waals surface area (Å²) in [6.45, 7) is 11.3. The molecule has 0 radical (unpaired) electrons. The van der Waals surface area contributed by atoms with E-state index < -0.39 is 0 Å². The van der Waals surface area contributed by atoms with E-state index in [0.29, 0.717) is 32.7 Å². The Hall–Kier alpha value is -1.18. The number of ether oxygens (including phenoxy) is 3. The zero-order valence-corrected chi connectivity index (χ0v) is 30.8. The molecular weight excluding hydrogens is 578 g/mol. The standard InChI is InChI=1S/C39H77NO6/c1-4-7-10-14-20-27-37(26-19-11-8-5-2)46-39(43)29-22-16-13-18-24-31-40(32-35-44-36-33-41)30-23-17-12-15-21-28-38(42)45-34-25-9-6-3/h37,41H,4-36H2,1-3H3. The number of unbranched alkanes of at least 4 members (excludes halogenated alkanes) is 17. The van der Waals surface area contributed by atoms with Crippen LogP contribution >= 0.6 is 0 Å². The lowest BCUT2D eigenvalue weighted by Gasteiger charge is -2.22. The van der Waals surface area contributed by atoms with Crippen molar-refractivity contribution < 1.29 is 28.9 Å². The van der Waals surface area contributed by atoms with Crippen molar-refractivity contribution in [2.75, 3.05) is 46.1 Å². The van der Waals surface area contributed by atoms with Gasteiger partial charge in [0, 0.05) is 19.4 Å². The summed E-state index contributed by atoms with van der Waals surface area (Å²) in [5.41, 5.74) is 0. The van der Waals surface area contributed by atoms with Crippen LogP contribution in [-0.2, 0) is 23.8 Å². The summed E-state index contributed by atoms with van der Waals surface area (Å²) in [6, 6.07) is 0. The summed E-state index contributed by atoms with van der Waals surface area (Å²) in [7, 11) is 0. The number of rotatable bonds is 37. The summed E-state index contributed by atoms with van der Waals surface area (Å²) in [5.74, 6) is -0.0409. The Morgan fingerprint density at radius 1 is 0.522 bits per heavy atom. The molecular formula is C39H77NO6. The predicted octanol–water partition coefficient (Wildman–Crippen LogP) is 9.95. The average molecular weight is 656 g/mol. The van der Waals surface area contributed by atoms with Crippen LogP contribution in [0.2, 0.25) is 0 Å².